The van der Waals surface area contributed by atoms with Crippen LogP contribution in [0.3, 0.4) is 0 Å². The monoisotopic (exact) mass is 353 g/mol. The van der Waals surface area contributed by atoms with E-state index in [1.807, 2.05) is 0 Å². The molecule has 0 aromatic heterocycles. The van der Waals surface area contributed by atoms with Crippen LogP contribution in [-0.4, -0.2) is 43.3 Å². The minimum absolute atomic E-state index is 0.0427. The molecule has 2 aliphatic rings. The summed E-state index contributed by atoms with van der Waals surface area (Å²) in [4.78, 5) is 10.5. The van der Waals surface area contributed by atoms with Crippen molar-refractivity contribution >= 4 is 15.7 Å². The second kappa shape index (κ2) is 6.78. The summed E-state index contributed by atoms with van der Waals surface area (Å²) in [6.45, 7) is 3.43. The average Bonchev–Trinajstić information content (AvgIpc) is 3.37. The molecule has 0 spiro atoms. The van der Waals surface area contributed by atoms with Crippen molar-refractivity contribution in [3.05, 3.63) is 33.9 Å². The molecule has 1 N–H and O–H groups in total. The molecule has 0 bridgehead atoms. The lowest BCUT2D eigenvalue weighted by atomic mass is 10.1. The predicted octanol–water partition coefficient (Wildman–Crippen LogP) is 2.06. The lowest BCUT2D eigenvalue weighted by Gasteiger charge is -2.32. The number of sulfonamides is 1. The third kappa shape index (κ3) is 3.60. The van der Waals surface area contributed by atoms with Gasteiger partial charge in [-0.3, -0.25) is 10.1 Å². The maximum atomic E-state index is 12.8. The number of benzene rings is 1. The maximum absolute atomic E-state index is 12.8. The quantitative estimate of drug-likeness (QED) is 0.624. The zero-order valence-corrected chi connectivity index (χ0v) is 14.6. The van der Waals surface area contributed by atoms with E-state index in [1.165, 1.54) is 42.3 Å². The van der Waals surface area contributed by atoms with Gasteiger partial charge < -0.3 is 5.32 Å². The average molecular weight is 353 g/mol. The standard InChI is InChI=1S/C16H23N3O4S/c1-12-15(19(20)21)3-2-4-16(12)24(22,23)18-9-7-14(8-10-18)17-11-13-5-6-13/h2-4,13-14,17H,5-11H2,1H3. The fourth-order valence-electron chi connectivity index (χ4n) is 3.17. The van der Waals surface area contributed by atoms with E-state index in [2.05, 4.69) is 5.32 Å². The summed E-state index contributed by atoms with van der Waals surface area (Å²) in [5.74, 6) is 0.805. The molecule has 0 atom stereocenters. The summed E-state index contributed by atoms with van der Waals surface area (Å²) in [7, 11) is -3.69. The van der Waals surface area contributed by atoms with Gasteiger partial charge in [0, 0.05) is 30.8 Å². The zero-order valence-electron chi connectivity index (χ0n) is 13.8. The van der Waals surface area contributed by atoms with E-state index in [9.17, 15) is 18.5 Å². The molecule has 1 aliphatic heterocycles. The molecule has 0 unspecified atom stereocenters. The highest BCUT2D eigenvalue weighted by atomic mass is 32.2. The molecule has 3 rings (SSSR count). The second-order valence-electron chi connectivity index (χ2n) is 6.69. The van der Waals surface area contributed by atoms with Crippen LogP contribution in [-0.2, 0) is 10.0 Å². The van der Waals surface area contributed by atoms with E-state index in [-0.39, 0.29) is 16.1 Å². The summed E-state index contributed by atoms with van der Waals surface area (Å²) in [5.41, 5.74) is 0.0496. The number of hydrogen-bond donors (Lipinski definition) is 1. The normalized spacial score (nSPS) is 20.2. The van der Waals surface area contributed by atoms with Crippen LogP contribution < -0.4 is 5.32 Å². The van der Waals surface area contributed by atoms with Gasteiger partial charge in [0.05, 0.1) is 9.82 Å². The molecule has 0 amide bonds. The van der Waals surface area contributed by atoms with E-state index in [1.54, 1.807) is 0 Å². The molecule has 1 heterocycles. The molecule has 24 heavy (non-hydrogen) atoms. The van der Waals surface area contributed by atoms with Gasteiger partial charge in [-0.2, -0.15) is 4.31 Å². The first-order valence-corrected chi connectivity index (χ1v) is 9.81. The van der Waals surface area contributed by atoms with Crippen LogP contribution in [0.15, 0.2) is 23.1 Å². The van der Waals surface area contributed by atoms with Gasteiger partial charge in [0.25, 0.3) is 5.69 Å². The van der Waals surface area contributed by atoms with E-state index in [0.717, 1.165) is 25.3 Å². The topological polar surface area (TPSA) is 92.5 Å². The fraction of sp³-hybridized carbons (Fsp3) is 0.625. The minimum Gasteiger partial charge on any atom is -0.314 e. The largest absolute Gasteiger partial charge is 0.314 e. The first-order valence-electron chi connectivity index (χ1n) is 8.37. The van der Waals surface area contributed by atoms with Gasteiger partial charge in [0.2, 0.25) is 10.0 Å². The lowest BCUT2D eigenvalue weighted by Crippen LogP contribution is -2.45. The molecule has 1 saturated carbocycles. The number of nitrogens with zero attached hydrogens (tertiary/aromatic N) is 2. The predicted molar refractivity (Wildman–Crippen MR) is 90.3 cm³/mol. The highest BCUT2D eigenvalue weighted by Crippen LogP contribution is 2.30. The number of nitro benzene ring substituents is 1. The fourth-order valence-corrected chi connectivity index (χ4v) is 4.89. The summed E-state index contributed by atoms with van der Waals surface area (Å²) in [5, 5.41) is 14.6. The summed E-state index contributed by atoms with van der Waals surface area (Å²) >= 11 is 0. The molecule has 2 fully saturated rings. The molecule has 132 valence electrons. The van der Waals surface area contributed by atoms with Crippen molar-refractivity contribution in [1.29, 1.82) is 0 Å². The molecule has 0 radical (unpaired) electrons. The third-order valence-corrected chi connectivity index (χ3v) is 6.96. The summed E-state index contributed by atoms with van der Waals surface area (Å²) in [6, 6.07) is 4.59. The Morgan fingerprint density at radius 3 is 2.50 bits per heavy atom. The van der Waals surface area contributed by atoms with Crippen molar-refractivity contribution in [3.8, 4) is 0 Å². The zero-order chi connectivity index (χ0) is 17.3. The Labute approximate surface area is 142 Å². The highest BCUT2D eigenvalue weighted by molar-refractivity contribution is 7.89. The molecular formula is C16H23N3O4S. The first kappa shape index (κ1) is 17.3. The van der Waals surface area contributed by atoms with Gasteiger partial charge in [-0.05, 0) is 51.1 Å². The van der Waals surface area contributed by atoms with Crippen LogP contribution in [0.5, 0.6) is 0 Å². The number of nitro groups is 1. The van der Waals surface area contributed by atoms with Gasteiger partial charge in [0.1, 0.15) is 0 Å². The second-order valence-corrected chi connectivity index (χ2v) is 8.59. The van der Waals surface area contributed by atoms with E-state index in [0.29, 0.717) is 19.1 Å². The number of hydrogen-bond acceptors (Lipinski definition) is 5. The van der Waals surface area contributed by atoms with Crippen molar-refractivity contribution in [2.75, 3.05) is 19.6 Å². The van der Waals surface area contributed by atoms with Crippen molar-refractivity contribution in [2.45, 2.75) is 43.5 Å². The van der Waals surface area contributed by atoms with E-state index < -0.39 is 14.9 Å². The van der Waals surface area contributed by atoms with E-state index >= 15 is 0 Å². The van der Waals surface area contributed by atoms with Crippen LogP contribution >= 0.6 is 0 Å². The molecular weight excluding hydrogens is 330 g/mol. The first-order chi connectivity index (χ1) is 11.4. The Kier molecular flexibility index (Phi) is 4.89. The maximum Gasteiger partial charge on any atom is 0.273 e. The van der Waals surface area contributed by atoms with Crippen molar-refractivity contribution in [2.24, 2.45) is 5.92 Å². The van der Waals surface area contributed by atoms with Gasteiger partial charge >= 0.3 is 0 Å². The summed E-state index contributed by atoms with van der Waals surface area (Å²) < 4.78 is 27.1. The van der Waals surface area contributed by atoms with Crippen molar-refractivity contribution in [3.63, 3.8) is 0 Å². The highest BCUT2D eigenvalue weighted by Gasteiger charge is 2.32. The van der Waals surface area contributed by atoms with Gasteiger partial charge in [0.15, 0.2) is 0 Å². The molecule has 1 aromatic rings. The van der Waals surface area contributed by atoms with E-state index in [4.69, 9.17) is 0 Å². The molecule has 1 saturated heterocycles. The van der Waals surface area contributed by atoms with Gasteiger partial charge in [-0.1, -0.05) is 6.07 Å². The Balaban J connectivity index is 1.70. The number of piperidine rings is 1. The SMILES string of the molecule is Cc1c([N+](=O)[O-])cccc1S(=O)(=O)N1CCC(NCC2CC2)CC1. The van der Waals surface area contributed by atoms with Crippen molar-refractivity contribution < 1.29 is 13.3 Å². The Hall–Kier alpha value is -1.51. The summed E-state index contributed by atoms with van der Waals surface area (Å²) in [6.07, 6.45) is 4.15. The van der Waals surface area contributed by atoms with Crippen molar-refractivity contribution in [1.82, 2.24) is 9.62 Å². The number of rotatable bonds is 6. The molecule has 7 nitrogen and oxygen atoms in total. The van der Waals surface area contributed by atoms with Crippen LogP contribution in [0.1, 0.15) is 31.2 Å². The third-order valence-electron chi connectivity index (χ3n) is 4.92. The molecule has 1 aromatic carbocycles. The van der Waals surface area contributed by atoms with Crippen LogP contribution in [0.4, 0.5) is 5.69 Å². The smallest absolute Gasteiger partial charge is 0.273 e. The Bertz CT molecular complexity index is 723. The molecule has 1 aliphatic carbocycles. The molecule has 8 heteroatoms. The Morgan fingerprint density at radius 1 is 1.25 bits per heavy atom. The van der Waals surface area contributed by atoms with Gasteiger partial charge in [-0.25, -0.2) is 8.42 Å². The lowest BCUT2D eigenvalue weighted by molar-refractivity contribution is -0.385. The minimum atomic E-state index is -3.69. The van der Waals surface area contributed by atoms with Gasteiger partial charge in [-0.15, -0.1) is 0 Å². The van der Waals surface area contributed by atoms with Crippen LogP contribution in [0.2, 0.25) is 0 Å². The van der Waals surface area contributed by atoms with Crippen LogP contribution in [0.25, 0.3) is 0 Å². The number of nitrogens with one attached hydrogen (secondary N) is 1. The Morgan fingerprint density at radius 2 is 1.92 bits per heavy atom. The van der Waals surface area contributed by atoms with Crippen LogP contribution in [0, 0.1) is 23.0 Å².